The molecule has 1 saturated heterocycles. The first kappa shape index (κ1) is 16.3. The number of rotatable bonds is 4. The van der Waals surface area contributed by atoms with Gasteiger partial charge in [-0.3, -0.25) is 9.79 Å². The molecule has 5 heteroatoms. The van der Waals surface area contributed by atoms with E-state index < -0.39 is 0 Å². The molecule has 1 aromatic carbocycles. The zero-order valence-corrected chi connectivity index (χ0v) is 13.5. The standard InChI is InChI=1S/C17H26N4O/c1-14-8-12-21(13-9-14)17(18-2)20-11-10-19-16(22)15-6-4-3-5-7-15/h3-7,14H,8-13H2,1-2H3,(H,18,20)(H,19,22). The Kier molecular flexibility index (Phi) is 6.25. The maximum Gasteiger partial charge on any atom is 0.251 e. The van der Waals surface area contributed by atoms with Gasteiger partial charge in [0.15, 0.2) is 5.96 Å². The number of carbonyl (C=O) groups is 1. The number of aliphatic imine (C=N–C) groups is 1. The molecular formula is C17H26N4O. The molecule has 0 bridgehead atoms. The van der Waals surface area contributed by atoms with Crippen molar-refractivity contribution in [2.24, 2.45) is 10.9 Å². The Morgan fingerprint density at radius 3 is 2.45 bits per heavy atom. The minimum atomic E-state index is -0.0378. The predicted molar refractivity (Wildman–Crippen MR) is 90.1 cm³/mol. The molecule has 1 aliphatic rings. The van der Waals surface area contributed by atoms with Gasteiger partial charge in [-0.05, 0) is 30.9 Å². The van der Waals surface area contributed by atoms with Gasteiger partial charge >= 0.3 is 0 Å². The van der Waals surface area contributed by atoms with Crippen molar-refractivity contribution in [1.82, 2.24) is 15.5 Å². The van der Waals surface area contributed by atoms with Crippen LogP contribution < -0.4 is 10.6 Å². The molecule has 1 aromatic rings. The summed E-state index contributed by atoms with van der Waals surface area (Å²) in [5.74, 6) is 1.70. The van der Waals surface area contributed by atoms with Crippen molar-refractivity contribution >= 4 is 11.9 Å². The molecule has 2 N–H and O–H groups in total. The molecule has 1 amide bonds. The molecule has 2 rings (SSSR count). The van der Waals surface area contributed by atoms with Gasteiger partial charge in [-0.25, -0.2) is 0 Å². The minimum Gasteiger partial charge on any atom is -0.354 e. The van der Waals surface area contributed by atoms with Gasteiger partial charge in [0, 0.05) is 38.8 Å². The summed E-state index contributed by atoms with van der Waals surface area (Å²) in [6.45, 7) is 5.66. The van der Waals surface area contributed by atoms with E-state index in [2.05, 4.69) is 27.4 Å². The number of nitrogens with one attached hydrogen (secondary N) is 2. The Bertz CT molecular complexity index is 493. The van der Waals surface area contributed by atoms with E-state index in [1.807, 2.05) is 37.4 Å². The SMILES string of the molecule is CN=C(NCCNC(=O)c1ccccc1)N1CCC(C)CC1. The number of carbonyl (C=O) groups excluding carboxylic acids is 1. The van der Waals surface area contributed by atoms with Gasteiger partial charge < -0.3 is 15.5 Å². The van der Waals surface area contributed by atoms with E-state index in [1.165, 1.54) is 12.8 Å². The largest absolute Gasteiger partial charge is 0.354 e. The van der Waals surface area contributed by atoms with Crippen LogP contribution in [0.1, 0.15) is 30.1 Å². The van der Waals surface area contributed by atoms with Crippen molar-refractivity contribution in [1.29, 1.82) is 0 Å². The van der Waals surface area contributed by atoms with E-state index in [1.54, 1.807) is 0 Å². The van der Waals surface area contributed by atoms with Crippen LogP contribution in [-0.4, -0.2) is 50.0 Å². The van der Waals surface area contributed by atoms with Crippen LogP contribution >= 0.6 is 0 Å². The van der Waals surface area contributed by atoms with Crippen LogP contribution in [0.25, 0.3) is 0 Å². The van der Waals surface area contributed by atoms with Crippen molar-refractivity contribution < 1.29 is 4.79 Å². The third-order valence-electron chi connectivity index (χ3n) is 4.02. The zero-order chi connectivity index (χ0) is 15.8. The second kappa shape index (κ2) is 8.41. The number of likely N-dealkylation sites (tertiary alicyclic amines) is 1. The Morgan fingerprint density at radius 2 is 1.82 bits per heavy atom. The van der Waals surface area contributed by atoms with Gasteiger partial charge in [0.1, 0.15) is 0 Å². The molecule has 1 aliphatic heterocycles. The highest BCUT2D eigenvalue weighted by atomic mass is 16.1. The highest BCUT2D eigenvalue weighted by Crippen LogP contribution is 2.15. The smallest absolute Gasteiger partial charge is 0.251 e. The summed E-state index contributed by atoms with van der Waals surface area (Å²) in [6.07, 6.45) is 2.43. The van der Waals surface area contributed by atoms with Crippen molar-refractivity contribution in [2.45, 2.75) is 19.8 Å². The molecule has 0 aromatic heterocycles. The number of hydrogen-bond donors (Lipinski definition) is 2. The van der Waals surface area contributed by atoms with Crippen molar-refractivity contribution in [3.05, 3.63) is 35.9 Å². The van der Waals surface area contributed by atoms with Gasteiger partial charge in [-0.15, -0.1) is 0 Å². The first-order chi connectivity index (χ1) is 10.7. The van der Waals surface area contributed by atoms with Crippen molar-refractivity contribution in [2.75, 3.05) is 33.2 Å². The lowest BCUT2D eigenvalue weighted by molar-refractivity contribution is 0.0954. The molecule has 0 unspecified atom stereocenters. The van der Waals surface area contributed by atoms with Gasteiger partial charge in [-0.1, -0.05) is 25.1 Å². The van der Waals surface area contributed by atoms with Crippen molar-refractivity contribution in [3.63, 3.8) is 0 Å². The third kappa shape index (κ3) is 4.76. The van der Waals surface area contributed by atoms with Gasteiger partial charge in [-0.2, -0.15) is 0 Å². The second-order valence-electron chi connectivity index (χ2n) is 5.77. The summed E-state index contributed by atoms with van der Waals surface area (Å²) in [5.41, 5.74) is 0.692. The average Bonchev–Trinajstić information content (AvgIpc) is 2.56. The fraction of sp³-hybridized carbons (Fsp3) is 0.529. The lowest BCUT2D eigenvalue weighted by atomic mass is 10.00. The molecule has 0 atom stereocenters. The number of hydrogen-bond acceptors (Lipinski definition) is 2. The normalized spacial score (nSPS) is 16.5. The highest BCUT2D eigenvalue weighted by molar-refractivity contribution is 5.94. The number of amides is 1. The van der Waals surface area contributed by atoms with E-state index >= 15 is 0 Å². The van der Waals surface area contributed by atoms with E-state index in [9.17, 15) is 4.79 Å². The molecular weight excluding hydrogens is 276 g/mol. The molecule has 5 nitrogen and oxygen atoms in total. The monoisotopic (exact) mass is 302 g/mol. The first-order valence-corrected chi connectivity index (χ1v) is 7.99. The van der Waals surface area contributed by atoms with Crippen LogP contribution in [0, 0.1) is 5.92 Å². The van der Waals surface area contributed by atoms with Crippen LogP contribution in [0.5, 0.6) is 0 Å². The fourth-order valence-electron chi connectivity index (χ4n) is 2.59. The second-order valence-corrected chi connectivity index (χ2v) is 5.77. The van der Waals surface area contributed by atoms with Gasteiger partial charge in [0.2, 0.25) is 0 Å². The molecule has 22 heavy (non-hydrogen) atoms. The fourth-order valence-corrected chi connectivity index (χ4v) is 2.59. The van der Waals surface area contributed by atoms with Crippen LogP contribution in [-0.2, 0) is 0 Å². The number of piperidine rings is 1. The topological polar surface area (TPSA) is 56.7 Å². The molecule has 1 fully saturated rings. The van der Waals surface area contributed by atoms with E-state index in [4.69, 9.17) is 0 Å². The summed E-state index contributed by atoms with van der Waals surface area (Å²) in [7, 11) is 1.81. The summed E-state index contributed by atoms with van der Waals surface area (Å²) in [4.78, 5) is 18.5. The lowest BCUT2D eigenvalue weighted by Crippen LogP contribution is -2.47. The summed E-state index contributed by atoms with van der Waals surface area (Å²) in [5, 5.41) is 6.24. The summed E-state index contributed by atoms with van der Waals surface area (Å²) in [6, 6.07) is 9.27. The minimum absolute atomic E-state index is 0.0378. The highest BCUT2D eigenvalue weighted by Gasteiger charge is 2.18. The maximum absolute atomic E-state index is 11.9. The lowest BCUT2D eigenvalue weighted by Gasteiger charge is -2.32. The zero-order valence-electron chi connectivity index (χ0n) is 13.5. The number of guanidine groups is 1. The van der Waals surface area contributed by atoms with Crippen LogP contribution in [0.15, 0.2) is 35.3 Å². The molecule has 120 valence electrons. The van der Waals surface area contributed by atoms with Crippen LogP contribution in [0.4, 0.5) is 0 Å². The summed E-state index contributed by atoms with van der Waals surface area (Å²) >= 11 is 0. The molecule has 0 spiro atoms. The molecule has 0 saturated carbocycles. The van der Waals surface area contributed by atoms with Crippen LogP contribution in [0.3, 0.4) is 0 Å². The van der Waals surface area contributed by atoms with E-state index in [0.717, 1.165) is 25.0 Å². The maximum atomic E-state index is 11.9. The van der Waals surface area contributed by atoms with E-state index in [0.29, 0.717) is 18.7 Å². The Hall–Kier alpha value is -2.04. The molecule has 0 radical (unpaired) electrons. The number of benzene rings is 1. The van der Waals surface area contributed by atoms with Gasteiger partial charge in [0.25, 0.3) is 5.91 Å². The molecule has 0 aliphatic carbocycles. The first-order valence-electron chi connectivity index (χ1n) is 7.99. The third-order valence-corrected chi connectivity index (χ3v) is 4.02. The predicted octanol–water partition coefficient (Wildman–Crippen LogP) is 1.72. The Morgan fingerprint density at radius 1 is 1.18 bits per heavy atom. The van der Waals surface area contributed by atoms with Crippen LogP contribution in [0.2, 0.25) is 0 Å². The Labute approximate surface area is 132 Å². The average molecular weight is 302 g/mol. The van der Waals surface area contributed by atoms with E-state index in [-0.39, 0.29) is 5.91 Å². The summed E-state index contributed by atoms with van der Waals surface area (Å²) < 4.78 is 0. The van der Waals surface area contributed by atoms with Gasteiger partial charge in [0.05, 0.1) is 0 Å². The molecule has 1 heterocycles. The Balaban J connectivity index is 1.70. The van der Waals surface area contributed by atoms with Crippen molar-refractivity contribution in [3.8, 4) is 0 Å². The number of nitrogens with zero attached hydrogens (tertiary/aromatic N) is 2. The quantitative estimate of drug-likeness (QED) is 0.506.